The zero-order valence-corrected chi connectivity index (χ0v) is 18.8. The van der Waals surface area contributed by atoms with Crippen LogP contribution in [0.25, 0.3) is 0 Å². The van der Waals surface area contributed by atoms with E-state index in [0.29, 0.717) is 41.1 Å². The first-order valence-electron chi connectivity index (χ1n) is 9.80. The van der Waals surface area contributed by atoms with Crippen molar-refractivity contribution in [2.75, 3.05) is 6.54 Å². The van der Waals surface area contributed by atoms with Gasteiger partial charge in [0.1, 0.15) is 12.4 Å². The van der Waals surface area contributed by atoms with Crippen molar-refractivity contribution >= 4 is 29.1 Å². The van der Waals surface area contributed by atoms with Gasteiger partial charge in [0, 0.05) is 18.7 Å². The Balaban J connectivity index is 1.46. The number of aryl methyl sites for hydroxylation is 3. The molecular formula is C23H25Cl2N3O2. The van der Waals surface area contributed by atoms with Gasteiger partial charge in [0.15, 0.2) is 0 Å². The minimum absolute atomic E-state index is 0.101. The average molecular weight is 446 g/mol. The van der Waals surface area contributed by atoms with E-state index in [1.54, 1.807) is 12.1 Å². The second-order valence-electron chi connectivity index (χ2n) is 7.24. The molecule has 158 valence electrons. The van der Waals surface area contributed by atoms with E-state index in [0.717, 1.165) is 28.9 Å². The third kappa shape index (κ3) is 5.55. The number of nitrogens with zero attached hydrogens (tertiary/aromatic N) is 2. The maximum Gasteiger partial charge on any atom is 0.251 e. The van der Waals surface area contributed by atoms with E-state index in [9.17, 15) is 4.79 Å². The van der Waals surface area contributed by atoms with E-state index in [-0.39, 0.29) is 5.91 Å². The van der Waals surface area contributed by atoms with Crippen molar-refractivity contribution in [3.05, 3.63) is 80.6 Å². The van der Waals surface area contributed by atoms with Crippen LogP contribution in [0.4, 0.5) is 0 Å². The van der Waals surface area contributed by atoms with Gasteiger partial charge < -0.3 is 10.1 Å². The molecule has 3 rings (SSSR count). The smallest absolute Gasteiger partial charge is 0.251 e. The van der Waals surface area contributed by atoms with E-state index in [4.69, 9.17) is 27.9 Å². The largest absolute Gasteiger partial charge is 0.487 e. The highest BCUT2D eigenvalue weighted by Crippen LogP contribution is 2.26. The molecule has 7 heteroatoms. The normalized spacial score (nSPS) is 10.8. The summed E-state index contributed by atoms with van der Waals surface area (Å²) in [5.74, 6) is 0.554. The standard InChI is InChI=1S/C23H25Cl2N3O2/c1-15-5-10-20(24)21(13-15)30-14-18-6-8-19(9-7-18)23(29)26-11-4-12-28-17(3)22(25)16(2)27-28/h5-10,13H,4,11-12,14H2,1-3H3,(H,26,29). The van der Waals surface area contributed by atoms with Gasteiger partial charge in [-0.2, -0.15) is 5.10 Å². The van der Waals surface area contributed by atoms with E-state index in [2.05, 4.69) is 10.4 Å². The van der Waals surface area contributed by atoms with Crippen LogP contribution >= 0.6 is 23.2 Å². The van der Waals surface area contributed by atoms with Gasteiger partial charge in [0.05, 0.1) is 21.4 Å². The number of carbonyl (C=O) groups is 1. The molecule has 0 aliphatic rings. The number of rotatable bonds is 8. The summed E-state index contributed by atoms with van der Waals surface area (Å²) in [5.41, 5.74) is 4.44. The average Bonchev–Trinajstić information content (AvgIpc) is 2.98. The molecule has 1 aromatic heterocycles. The molecule has 0 saturated heterocycles. The number of ether oxygens (including phenoxy) is 1. The van der Waals surface area contributed by atoms with Crippen molar-refractivity contribution in [2.45, 2.75) is 40.3 Å². The first-order valence-corrected chi connectivity index (χ1v) is 10.6. The lowest BCUT2D eigenvalue weighted by Crippen LogP contribution is -2.25. The number of benzene rings is 2. The molecule has 0 spiro atoms. The molecule has 30 heavy (non-hydrogen) atoms. The van der Waals surface area contributed by atoms with Gasteiger partial charge in [0.25, 0.3) is 5.91 Å². The summed E-state index contributed by atoms with van der Waals surface area (Å²) in [5, 5.41) is 8.62. The van der Waals surface area contributed by atoms with Crippen LogP contribution in [-0.4, -0.2) is 22.2 Å². The summed E-state index contributed by atoms with van der Waals surface area (Å²) in [6, 6.07) is 13.0. The van der Waals surface area contributed by atoms with Crippen LogP contribution in [0.3, 0.4) is 0 Å². The van der Waals surface area contributed by atoms with Crippen molar-refractivity contribution in [1.29, 1.82) is 0 Å². The summed E-state index contributed by atoms with van der Waals surface area (Å²) in [6.07, 6.45) is 0.771. The highest BCUT2D eigenvalue weighted by atomic mass is 35.5. The van der Waals surface area contributed by atoms with Gasteiger partial charge in [0.2, 0.25) is 0 Å². The van der Waals surface area contributed by atoms with Gasteiger partial charge in [-0.05, 0) is 62.6 Å². The van der Waals surface area contributed by atoms with Gasteiger partial charge >= 0.3 is 0 Å². The quantitative estimate of drug-likeness (QED) is 0.464. The number of aromatic nitrogens is 2. The molecule has 0 bridgehead atoms. The lowest BCUT2D eigenvalue weighted by Gasteiger charge is -2.10. The van der Waals surface area contributed by atoms with E-state index in [1.165, 1.54) is 0 Å². The summed E-state index contributed by atoms with van der Waals surface area (Å²) in [7, 11) is 0. The van der Waals surface area contributed by atoms with Crippen molar-refractivity contribution in [3.63, 3.8) is 0 Å². The second kappa shape index (κ2) is 10.0. The van der Waals surface area contributed by atoms with Crippen LogP contribution in [0.1, 0.15) is 39.3 Å². The zero-order chi connectivity index (χ0) is 21.7. The number of hydrogen-bond acceptors (Lipinski definition) is 3. The van der Waals surface area contributed by atoms with Crippen LogP contribution in [0.2, 0.25) is 10.0 Å². The molecule has 0 fully saturated rings. The summed E-state index contributed by atoms with van der Waals surface area (Å²) in [6.45, 7) is 7.47. The fraction of sp³-hybridized carbons (Fsp3) is 0.304. The topological polar surface area (TPSA) is 56.1 Å². The SMILES string of the molecule is Cc1ccc(Cl)c(OCc2ccc(C(=O)NCCCn3nc(C)c(Cl)c3C)cc2)c1. The van der Waals surface area contributed by atoms with Crippen LogP contribution in [0, 0.1) is 20.8 Å². The van der Waals surface area contributed by atoms with Crippen LogP contribution in [-0.2, 0) is 13.2 Å². The van der Waals surface area contributed by atoms with Crippen LogP contribution in [0.15, 0.2) is 42.5 Å². The van der Waals surface area contributed by atoms with Gasteiger partial charge in [-0.1, -0.05) is 41.4 Å². The van der Waals surface area contributed by atoms with Crippen molar-refractivity contribution in [3.8, 4) is 5.75 Å². The minimum Gasteiger partial charge on any atom is -0.487 e. The van der Waals surface area contributed by atoms with Gasteiger partial charge in [-0.3, -0.25) is 9.48 Å². The Labute approximate surface area is 187 Å². The zero-order valence-electron chi connectivity index (χ0n) is 17.3. The molecule has 1 amide bonds. The summed E-state index contributed by atoms with van der Waals surface area (Å²) < 4.78 is 7.67. The van der Waals surface area contributed by atoms with E-state index >= 15 is 0 Å². The lowest BCUT2D eigenvalue weighted by atomic mass is 10.1. The molecule has 0 saturated carbocycles. The maximum absolute atomic E-state index is 12.4. The Bertz CT molecular complexity index is 1030. The molecule has 0 aliphatic carbocycles. The predicted molar refractivity (Wildman–Crippen MR) is 121 cm³/mol. The second-order valence-corrected chi connectivity index (χ2v) is 8.02. The molecule has 0 atom stereocenters. The monoisotopic (exact) mass is 445 g/mol. The van der Waals surface area contributed by atoms with Crippen LogP contribution in [0.5, 0.6) is 5.75 Å². The third-order valence-electron chi connectivity index (χ3n) is 4.82. The maximum atomic E-state index is 12.4. The lowest BCUT2D eigenvalue weighted by molar-refractivity contribution is 0.0952. The predicted octanol–water partition coefficient (Wildman–Crippen LogP) is 5.51. The van der Waals surface area contributed by atoms with Crippen molar-refractivity contribution < 1.29 is 9.53 Å². The molecule has 1 N–H and O–H groups in total. The van der Waals surface area contributed by atoms with Gasteiger partial charge in [-0.15, -0.1) is 0 Å². The Morgan fingerprint density at radius 1 is 1.10 bits per heavy atom. The molecule has 5 nitrogen and oxygen atoms in total. The molecule has 3 aromatic rings. The minimum atomic E-state index is -0.101. The number of halogens is 2. The van der Waals surface area contributed by atoms with Crippen LogP contribution < -0.4 is 10.1 Å². The van der Waals surface area contributed by atoms with Crippen molar-refractivity contribution in [1.82, 2.24) is 15.1 Å². The highest BCUT2D eigenvalue weighted by Gasteiger charge is 2.09. The summed E-state index contributed by atoms with van der Waals surface area (Å²) in [4.78, 5) is 12.4. The number of hydrogen-bond donors (Lipinski definition) is 1. The third-order valence-corrected chi connectivity index (χ3v) is 5.68. The molecule has 0 unspecified atom stereocenters. The summed E-state index contributed by atoms with van der Waals surface area (Å²) >= 11 is 12.3. The van der Waals surface area contributed by atoms with E-state index in [1.807, 2.05) is 55.8 Å². The first-order chi connectivity index (χ1) is 14.3. The number of nitrogens with one attached hydrogen (secondary N) is 1. The Morgan fingerprint density at radius 3 is 2.50 bits per heavy atom. The molecular weight excluding hydrogens is 421 g/mol. The Kier molecular flexibility index (Phi) is 7.40. The fourth-order valence-electron chi connectivity index (χ4n) is 3.06. The van der Waals surface area contributed by atoms with Gasteiger partial charge in [-0.25, -0.2) is 0 Å². The molecule has 2 aromatic carbocycles. The molecule has 0 aliphatic heterocycles. The Morgan fingerprint density at radius 2 is 1.83 bits per heavy atom. The fourth-order valence-corrected chi connectivity index (χ4v) is 3.37. The number of amides is 1. The van der Waals surface area contributed by atoms with Crippen molar-refractivity contribution in [2.24, 2.45) is 0 Å². The van der Waals surface area contributed by atoms with E-state index < -0.39 is 0 Å². The molecule has 1 heterocycles. The molecule has 0 radical (unpaired) electrons. The highest BCUT2D eigenvalue weighted by molar-refractivity contribution is 6.32. The number of carbonyl (C=O) groups excluding carboxylic acids is 1. The Hall–Kier alpha value is -2.50. The first kappa shape index (κ1) is 22.2.